The van der Waals surface area contributed by atoms with Crippen molar-refractivity contribution in [2.45, 2.75) is 0 Å². The zero-order valence-electron chi connectivity index (χ0n) is 16.0. The largest absolute Gasteiger partial charge is 0.493 e. The highest BCUT2D eigenvalue weighted by molar-refractivity contribution is 6.36. The standard InChI is InChI=1S/C21H15Cl2N3O5/c1-30-20-10-13(12-24-25-21(27)15-8-7-14(22)11-16(15)23)6-9-19(20)31-18-5-3-2-4-17(18)26(28)29/h2-12H,1H3,(H,25,27)/b24-12-. The van der Waals surface area contributed by atoms with Gasteiger partial charge in [-0.2, -0.15) is 5.10 Å². The van der Waals surface area contributed by atoms with Crippen LogP contribution in [0.5, 0.6) is 17.2 Å². The molecule has 10 heteroatoms. The van der Waals surface area contributed by atoms with Crippen LogP contribution >= 0.6 is 23.2 Å². The van der Waals surface area contributed by atoms with Crippen molar-refractivity contribution in [1.82, 2.24) is 5.43 Å². The number of amides is 1. The average molecular weight is 460 g/mol. The zero-order chi connectivity index (χ0) is 22.4. The number of halogens is 2. The van der Waals surface area contributed by atoms with E-state index in [0.29, 0.717) is 16.3 Å². The summed E-state index contributed by atoms with van der Waals surface area (Å²) in [5.74, 6) is 0.195. The molecule has 1 N–H and O–H groups in total. The number of methoxy groups -OCH3 is 1. The van der Waals surface area contributed by atoms with E-state index in [2.05, 4.69) is 10.5 Å². The average Bonchev–Trinajstić information content (AvgIpc) is 2.74. The first-order valence-corrected chi connectivity index (χ1v) is 9.52. The van der Waals surface area contributed by atoms with E-state index < -0.39 is 10.8 Å². The number of rotatable bonds is 7. The Kier molecular flexibility index (Phi) is 7.07. The molecular formula is C21H15Cl2N3O5. The van der Waals surface area contributed by atoms with Crippen LogP contribution in [0.2, 0.25) is 10.0 Å². The van der Waals surface area contributed by atoms with E-state index in [1.807, 2.05) is 0 Å². The molecule has 3 rings (SSSR count). The van der Waals surface area contributed by atoms with E-state index in [-0.39, 0.29) is 27.8 Å². The molecule has 0 radical (unpaired) electrons. The van der Waals surface area contributed by atoms with Gasteiger partial charge in [0.15, 0.2) is 11.5 Å². The molecule has 0 saturated carbocycles. The number of hydrazone groups is 1. The van der Waals surface area contributed by atoms with Crippen molar-refractivity contribution >= 4 is 41.0 Å². The van der Waals surface area contributed by atoms with Gasteiger partial charge in [-0.3, -0.25) is 14.9 Å². The Morgan fingerprint density at radius 3 is 2.55 bits per heavy atom. The number of nitrogens with one attached hydrogen (secondary N) is 1. The zero-order valence-corrected chi connectivity index (χ0v) is 17.6. The lowest BCUT2D eigenvalue weighted by molar-refractivity contribution is -0.385. The van der Waals surface area contributed by atoms with Gasteiger partial charge in [0.1, 0.15) is 0 Å². The molecule has 0 unspecified atom stereocenters. The molecule has 0 atom stereocenters. The second-order valence-corrected chi connectivity index (χ2v) is 6.90. The summed E-state index contributed by atoms with van der Waals surface area (Å²) in [6.45, 7) is 0. The Bertz CT molecular complexity index is 1170. The molecular weight excluding hydrogens is 445 g/mol. The maximum Gasteiger partial charge on any atom is 0.311 e. The molecule has 0 bridgehead atoms. The highest BCUT2D eigenvalue weighted by Crippen LogP contribution is 2.36. The number of carbonyl (C=O) groups excluding carboxylic acids is 1. The van der Waals surface area contributed by atoms with E-state index in [4.69, 9.17) is 32.7 Å². The van der Waals surface area contributed by atoms with Crippen LogP contribution in [0, 0.1) is 10.1 Å². The SMILES string of the molecule is COc1cc(/C=N\NC(=O)c2ccc(Cl)cc2Cl)ccc1Oc1ccccc1[N+](=O)[O-]. The maximum absolute atomic E-state index is 12.2. The van der Waals surface area contributed by atoms with Crippen molar-refractivity contribution in [3.8, 4) is 17.2 Å². The smallest absolute Gasteiger partial charge is 0.311 e. The summed E-state index contributed by atoms with van der Waals surface area (Å²) in [6.07, 6.45) is 1.40. The Hall–Kier alpha value is -3.62. The number of ether oxygens (including phenoxy) is 2. The second-order valence-electron chi connectivity index (χ2n) is 6.06. The highest BCUT2D eigenvalue weighted by Gasteiger charge is 2.16. The normalized spacial score (nSPS) is 10.7. The van der Waals surface area contributed by atoms with Gasteiger partial charge in [0.25, 0.3) is 5.91 Å². The van der Waals surface area contributed by atoms with Gasteiger partial charge >= 0.3 is 5.69 Å². The fourth-order valence-electron chi connectivity index (χ4n) is 2.56. The molecule has 0 aliphatic carbocycles. The first-order chi connectivity index (χ1) is 14.9. The summed E-state index contributed by atoms with van der Waals surface area (Å²) in [4.78, 5) is 22.8. The summed E-state index contributed by atoms with van der Waals surface area (Å²) in [5.41, 5.74) is 3.03. The number of carbonyl (C=O) groups is 1. The van der Waals surface area contributed by atoms with Crippen LogP contribution in [0.3, 0.4) is 0 Å². The van der Waals surface area contributed by atoms with Crippen LogP contribution in [0.25, 0.3) is 0 Å². The Labute approximate surface area is 187 Å². The van der Waals surface area contributed by atoms with Gasteiger partial charge in [-0.05, 0) is 48.0 Å². The molecule has 0 aromatic heterocycles. The third-order valence-electron chi connectivity index (χ3n) is 4.03. The lowest BCUT2D eigenvalue weighted by Gasteiger charge is -2.11. The summed E-state index contributed by atoms with van der Waals surface area (Å²) in [5, 5.41) is 15.7. The summed E-state index contributed by atoms with van der Waals surface area (Å²) < 4.78 is 11.0. The van der Waals surface area contributed by atoms with Crippen molar-refractivity contribution in [2.24, 2.45) is 5.10 Å². The topological polar surface area (TPSA) is 103 Å². The van der Waals surface area contributed by atoms with Gasteiger partial charge < -0.3 is 9.47 Å². The molecule has 3 aromatic carbocycles. The van der Waals surface area contributed by atoms with E-state index in [0.717, 1.165) is 0 Å². The number of nitro benzene ring substituents is 1. The van der Waals surface area contributed by atoms with Crippen LogP contribution in [0.4, 0.5) is 5.69 Å². The number of hydrogen-bond acceptors (Lipinski definition) is 6. The Morgan fingerprint density at radius 1 is 1.06 bits per heavy atom. The maximum atomic E-state index is 12.2. The molecule has 0 spiro atoms. The molecule has 1 amide bonds. The molecule has 0 heterocycles. The van der Waals surface area contributed by atoms with E-state index in [9.17, 15) is 14.9 Å². The van der Waals surface area contributed by atoms with Crippen LogP contribution in [0.15, 0.2) is 65.8 Å². The van der Waals surface area contributed by atoms with Gasteiger partial charge in [0.05, 0.1) is 28.8 Å². The van der Waals surface area contributed by atoms with Crippen molar-refractivity contribution in [2.75, 3.05) is 7.11 Å². The predicted octanol–water partition coefficient (Wildman–Crippen LogP) is 5.47. The predicted molar refractivity (Wildman–Crippen MR) is 118 cm³/mol. The van der Waals surface area contributed by atoms with Gasteiger partial charge in [-0.1, -0.05) is 35.3 Å². The van der Waals surface area contributed by atoms with Crippen LogP contribution < -0.4 is 14.9 Å². The fourth-order valence-corrected chi connectivity index (χ4v) is 3.06. The molecule has 31 heavy (non-hydrogen) atoms. The molecule has 158 valence electrons. The lowest BCUT2D eigenvalue weighted by atomic mass is 10.2. The lowest BCUT2D eigenvalue weighted by Crippen LogP contribution is -2.18. The molecule has 0 aliphatic rings. The van der Waals surface area contributed by atoms with Crippen molar-refractivity contribution in [1.29, 1.82) is 0 Å². The first kappa shape index (κ1) is 22.1. The molecule has 0 fully saturated rings. The molecule has 8 nitrogen and oxygen atoms in total. The Balaban J connectivity index is 1.74. The molecule has 0 aliphatic heterocycles. The minimum atomic E-state index is -0.529. The minimum absolute atomic E-state index is 0.0827. The summed E-state index contributed by atoms with van der Waals surface area (Å²) in [7, 11) is 1.44. The first-order valence-electron chi connectivity index (χ1n) is 8.77. The monoisotopic (exact) mass is 459 g/mol. The summed E-state index contributed by atoms with van der Waals surface area (Å²) >= 11 is 11.8. The number of hydrogen-bond donors (Lipinski definition) is 1. The molecule has 0 saturated heterocycles. The number of nitro groups is 1. The fraction of sp³-hybridized carbons (Fsp3) is 0.0476. The van der Waals surface area contributed by atoms with Crippen molar-refractivity contribution < 1.29 is 19.2 Å². The number of nitrogens with zero attached hydrogens (tertiary/aromatic N) is 2. The van der Waals surface area contributed by atoms with Crippen molar-refractivity contribution in [3.63, 3.8) is 0 Å². The van der Waals surface area contributed by atoms with Crippen molar-refractivity contribution in [3.05, 3.63) is 92.0 Å². The van der Waals surface area contributed by atoms with Gasteiger partial charge in [0, 0.05) is 11.1 Å². The quantitative estimate of drug-likeness (QED) is 0.286. The van der Waals surface area contributed by atoms with Crippen LogP contribution in [0.1, 0.15) is 15.9 Å². The minimum Gasteiger partial charge on any atom is -0.493 e. The molecule has 3 aromatic rings. The van der Waals surface area contributed by atoms with Gasteiger partial charge in [-0.25, -0.2) is 5.43 Å². The Morgan fingerprint density at radius 2 is 1.84 bits per heavy atom. The van der Waals surface area contributed by atoms with Gasteiger partial charge in [0.2, 0.25) is 5.75 Å². The van der Waals surface area contributed by atoms with E-state index in [1.165, 1.54) is 37.6 Å². The second kappa shape index (κ2) is 9.92. The van der Waals surface area contributed by atoms with Crippen LogP contribution in [-0.2, 0) is 0 Å². The highest BCUT2D eigenvalue weighted by atomic mass is 35.5. The van der Waals surface area contributed by atoms with Crippen LogP contribution in [-0.4, -0.2) is 24.2 Å². The van der Waals surface area contributed by atoms with Gasteiger partial charge in [-0.15, -0.1) is 0 Å². The van der Waals surface area contributed by atoms with E-state index in [1.54, 1.807) is 36.4 Å². The number of para-hydroxylation sites is 2. The number of benzene rings is 3. The third kappa shape index (κ3) is 5.50. The third-order valence-corrected chi connectivity index (χ3v) is 4.57. The summed E-state index contributed by atoms with van der Waals surface area (Å²) in [6, 6.07) is 15.4. The van der Waals surface area contributed by atoms with E-state index >= 15 is 0 Å².